The van der Waals surface area contributed by atoms with Crippen LogP contribution in [-0.4, -0.2) is 11.8 Å². The van der Waals surface area contributed by atoms with E-state index in [2.05, 4.69) is 10.6 Å². The van der Waals surface area contributed by atoms with Gasteiger partial charge in [0.15, 0.2) is 11.6 Å². The zero-order valence-electron chi connectivity index (χ0n) is 10.7. The van der Waals surface area contributed by atoms with Crippen LogP contribution in [0.4, 0.5) is 11.6 Å². The molecule has 0 unspecified atom stereocenters. The molecule has 1 aromatic heterocycles. The summed E-state index contributed by atoms with van der Waals surface area (Å²) in [5.41, 5.74) is 1.69. The smallest absolute Gasteiger partial charge is 0.291 e. The van der Waals surface area contributed by atoms with Crippen LogP contribution >= 0.6 is 0 Å². The fraction of sp³-hybridized carbons (Fsp3) is 0.143. The fourth-order valence-corrected chi connectivity index (χ4v) is 1.60. The lowest BCUT2D eigenvalue weighted by atomic mass is 10.2. The van der Waals surface area contributed by atoms with Crippen LogP contribution in [0.2, 0.25) is 0 Å². The van der Waals surface area contributed by atoms with Crippen LogP contribution in [0.15, 0.2) is 40.8 Å². The molecule has 19 heavy (non-hydrogen) atoms. The van der Waals surface area contributed by atoms with Gasteiger partial charge in [-0.1, -0.05) is 18.2 Å². The molecule has 2 amide bonds. The second-order valence-corrected chi connectivity index (χ2v) is 4.11. The van der Waals surface area contributed by atoms with E-state index in [0.29, 0.717) is 0 Å². The van der Waals surface area contributed by atoms with Gasteiger partial charge in [0.1, 0.15) is 0 Å². The normalized spacial score (nSPS) is 10.0. The van der Waals surface area contributed by atoms with Crippen LogP contribution in [0.3, 0.4) is 0 Å². The van der Waals surface area contributed by atoms with E-state index < -0.39 is 0 Å². The van der Waals surface area contributed by atoms with Crippen LogP contribution in [0.25, 0.3) is 0 Å². The molecule has 1 heterocycles. The van der Waals surface area contributed by atoms with Crippen LogP contribution in [0, 0.1) is 6.92 Å². The van der Waals surface area contributed by atoms with Gasteiger partial charge in [-0.05, 0) is 24.6 Å². The fourth-order valence-electron chi connectivity index (χ4n) is 1.60. The Morgan fingerprint density at radius 3 is 2.47 bits per heavy atom. The average molecular weight is 258 g/mol. The Bertz CT molecular complexity index is 617. The van der Waals surface area contributed by atoms with Gasteiger partial charge in [-0.2, -0.15) is 0 Å². The Morgan fingerprint density at radius 1 is 1.05 bits per heavy atom. The summed E-state index contributed by atoms with van der Waals surface area (Å²) in [6.45, 7) is 3.27. The molecule has 0 fully saturated rings. The highest BCUT2D eigenvalue weighted by molar-refractivity contribution is 6.03. The zero-order valence-corrected chi connectivity index (χ0v) is 10.7. The molecular formula is C14H14N2O3. The van der Waals surface area contributed by atoms with Crippen molar-refractivity contribution in [3.63, 3.8) is 0 Å². The van der Waals surface area contributed by atoms with Gasteiger partial charge < -0.3 is 9.73 Å². The number of para-hydroxylation sites is 1. The largest absolute Gasteiger partial charge is 0.435 e. The Kier molecular flexibility index (Phi) is 3.66. The van der Waals surface area contributed by atoms with Crippen molar-refractivity contribution in [3.05, 3.63) is 47.7 Å². The summed E-state index contributed by atoms with van der Waals surface area (Å²) in [5.74, 6) is -0.208. The van der Waals surface area contributed by atoms with Crippen molar-refractivity contribution >= 4 is 23.4 Å². The van der Waals surface area contributed by atoms with Crippen molar-refractivity contribution in [1.82, 2.24) is 0 Å². The molecule has 5 nitrogen and oxygen atoms in total. The summed E-state index contributed by atoms with van der Waals surface area (Å²) in [5, 5.41) is 5.22. The molecule has 0 radical (unpaired) electrons. The molecule has 0 bridgehead atoms. The van der Waals surface area contributed by atoms with Crippen LogP contribution in [0.5, 0.6) is 0 Å². The molecular weight excluding hydrogens is 244 g/mol. The maximum Gasteiger partial charge on any atom is 0.291 e. The van der Waals surface area contributed by atoms with Crippen LogP contribution < -0.4 is 10.6 Å². The monoisotopic (exact) mass is 258 g/mol. The summed E-state index contributed by atoms with van der Waals surface area (Å²) in [6.07, 6.45) is 0. The molecule has 0 saturated heterocycles. The van der Waals surface area contributed by atoms with Crippen molar-refractivity contribution in [2.75, 3.05) is 10.6 Å². The number of aryl methyl sites for hydroxylation is 1. The summed E-state index contributed by atoms with van der Waals surface area (Å²) in [6, 6.07) is 10.5. The zero-order chi connectivity index (χ0) is 13.8. The maximum absolute atomic E-state index is 11.9. The van der Waals surface area contributed by atoms with E-state index >= 15 is 0 Å². The maximum atomic E-state index is 11.9. The average Bonchev–Trinajstić information content (AvgIpc) is 2.79. The van der Waals surface area contributed by atoms with Gasteiger partial charge in [0, 0.05) is 18.7 Å². The first-order valence-electron chi connectivity index (χ1n) is 5.80. The topological polar surface area (TPSA) is 71.3 Å². The van der Waals surface area contributed by atoms with Gasteiger partial charge in [0.2, 0.25) is 5.91 Å². The molecule has 2 rings (SSSR count). The van der Waals surface area contributed by atoms with Gasteiger partial charge in [-0.25, -0.2) is 0 Å². The van der Waals surface area contributed by atoms with Crippen molar-refractivity contribution in [1.29, 1.82) is 0 Å². The number of hydrogen-bond donors (Lipinski definition) is 2. The minimum atomic E-state index is -0.356. The molecule has 0 aliphatic carbocycles. The SMILES string of the molecule is CC(=O)Nc1ccc(C(=O)Nc2ccccc2C)o1. The van der Waals surface area contributed by atoms with E-state index in [1.807, 2.05) is 31.2 Å². The molecule has 98 valence electrons. The Hall–Kier alpha value is -2.56. The Balaban J connectivity index is 2.10. The molecule has 0 atom stereocenters. The number of rotatable bonds is 3. The molecule has 0 aliphatic heterocycles. The Labute approximate surface area is 110 Å². The molecule has 0 spiro atoms. The lowest BCUT2D eigenvalue weighted by molar-refractivity contribution is -0.114. The van der Waals surface area contributed by atoms with Crippen LogP contribution in [-0.2, 0) is 4.79 Å². The van der Waals surface area contributed by atoms with Gasteiger partial charge in [-0.15, -0.1) is 0 Å². The molecule has 5 heteroatoms. The highest BCUT2D eigenvalue weighted by Gasteiger charge is 2.12. The van der Waals surface area contributed by atoms with Gasteiger partial charge in [0.25, 0.3) is 5.91 Å². The summed E-state index contributed by atoms with van der Waals surface area (Å²) in [7, 11) is 0. The van der Waals surface area contributed by atoms with E-state index in [1.54, 1.807) is 0 Å². The first-order chi connectivity index (χ1) is 9.06. The van der Waals surface area contributed by atoms with Gasteiger partial charge >= 0.3 is 0 Å². The summed E-state index contributed by atoms with van der Waals surface area (Å²) >= 11 is 0. The third kappa shape index (κ3) is 3.22. The van der Waals surface area contributed by atoms with Crippen molar-refractivity contribution in [3.8, 4) is 0 Å². The van der Waals surface area contributed by atoms with Gasteiger partial charge in [0.05, 0.1) is 0 Å². The summed E-state index contributed by atoms with van der Waals surface area (Å²) < 4.78 is 5.22. The van der Waals surface area contributed by atoms with E-state index in [0.717, 1.165) is 11.3 Å². The number of nitrogens with one attached hydrogen (secondary N) is 2. The van der Waals surface area contributed by atoms with Crippen LogP contribution in [0.1, 0.15) is 23.0 Å². The Morgan fingerprint density at radius 2 is 1.79 bits per heavy atom. The number of furan rings is 1. The van der Waals surface area contributed by atoms with Crippen molar-refractivity contribution < 1.29 is 14.0 Å². The highest BCUT2D eigenvalue weighted by Crippen LogP contribution is 2.17. The number of anilines is 2. The van der Waals surface area contributed by atoms with E-state index in [1.165, 1.54) is 19.1 Å². The van der Waals surface area contributed by atoms with Crippen molar-refractivity contribution in [2.24, 2.45) is 0 Å². The van der Waals surface area contributed by atoms with E-state index in [-0.39, 0.29) is 23.5 Å². The molecule has 0 aliphatic rings. The molecule has 0 saturated carbocycles. The van der Waals surface area contributed by atoms with E-state index in [4.69, 9.17) is 4.42 Å². The van der Waals surface area contributed by atoms with Gasteiger partial charge in [-0.3, -0.25) is 14.9 Å². The predicted octanol–water partition coefficient (Wildman–Crippen LogP) is 2.80. The number of hydrogen-bond acceptors (Lipinski definition) is 3. The lowest BCUT2D eigenvalue weighted by Gasteiger charge is -2.06. The number of carbonyl (C=O) groups excluding carboxylic acids is 2. The quantitative estimate of drug-likeness (QED) is 0.889. The van der Waals surface area contributed by atoms with E-state index in [9.17, 15) is 9.59 Å². The number of benzene rings is 1. The molecule has 1 aromatic carbocycles. The lowest BCUT2D eigenvalue weighted by Crippen LogP contribution is -2.11. The minimum absolute atomic E-state index is 0.145. The first kappa shape index (κ1) is 12.9. The second-order valence-electron chi connectivity index (χ2n) is 4.11. The summed E-state index contributed by atoms with van der Waals surface area (Å²) in [4.78, 5) is 22.8. The van der Waals surface area contributed by atoms with Crippen molar-refractivity contribution in [2.45, 2.75) is 13.8 Å². The molecule has 2 aromatic rings. The minimum Gasteiger partial charge on any atom is -0.435 e. The predicted molar refractivity (Wildman–Crippen MR) is 72.1 cm³/mol. The third-order valence-electron chi connectivity index (χ3n) is 2.52. The first-order valence-corrected chi connectivity index (χ1v) is 5.80. The highest BCUT2D eigenvalue weighted by atomic mass is 16.4. The molecule has 2 N–H and O–H groups in total. The standard InChI is InChI=1S/C14H14N2O3/c1-9-5-3-4-6-11(9)16-14(18)12-7-8-13(19-12)15-10(2)17/h3-8H,1-2H3,(H,15,17)(H,16,18). The third-order valence-corrected chi connectivity index (χ3v) is 2.52. The number of carbonyl (C=O) groups is 2. The second kappa shape index (κ2) is 5.39. The number of amides is 2.